The lowest BCUT2D eigenvalue weighted by atomic mass is 10.1. The van der Waals surface area contributed by atoms with Crippen molar-refractivity contribution >= 4 is 24.4 Å². The van der Waals surface area contributed by atoms with Crippen LogP contribution in [0.15, 0.2) is 29.2 Å². The lowest BCUT2D eigenvalue weighted by Crippen LogP contribution is -2.32. The number of amides is 2. The number of thiol groups is 1. The molecule has 1 rings (SSSR count). The van der Waals surface area contributed by atoms with Crippen LogP contribution >= 0.6 is 12.6 Å². The van der Waals surface area contributed by atoms with E-state index in [9.17, 15) is 9.59 Å². The molecule has 0 atom stereocenters. The van der Waals surface area contributed by atoms with Gasteiger partial charge in [-0.1, -0.05) is 12.1 Å². The maximum Gasteiger partial charge on any atom is 0.224 e. The van der Waals surface area contributed by atoms with Gasteiger partial charge in [-0.15, -0.1) is 12.6 Å². The Morgan fingerprint density at radius 1 is 1.10 bits per heavy atom. The molecule has 110 valence electrons. The summed E-state index contributed by atoms with van der Waals surface area (Å²) in [5.41, 5.74) is 0.921. The molecule has 1 aromatic rings. The van der Waals surface area contributed by atoms with Crippen LogP contribution in [0.2, 0.25) is 0 Å². The molecule has 2 amide bonds. The third kappa shape index (κ3) is 7.16. The van der Waals surface area contributed by atoms with Gasteiger partial charge in [-0.05, 0) is 17.7 Å². The topological polar surface area (TPSA) is 67.4 Å². The Morgan fingerprint density at radius 2 is 1.75 bits per heavy atom. The molecule has 0 aliphatic heterocycles. The molecule has 5 nitrogen and oxygen atoms in total. The normalized spacial score (nSPS) is 10.1. The smallest absolute Gasteiger partial charge is 0.224 e. The first-order chi connectivity index (χ1) is 9.61. The van der Waals surface area contributed by atoms with E-state index < -0.39 is 0 Å². The Balaban J connectivity index is 2.17. The molecule has 0 heterocycles. The minimum absolute atomic E-state index is 0.0956. The molecule has 20 heavy (non-hydrogen) atoms. The average Bonchev–Trinajstić information content (AvgIpc) is 2.42. The van der Waals surface area contributed by atoms with E-state index in [1.807, 2.05) is 24.3 Å². The van der Waals surface area contributed by atoms with Gasteiger partial charge in [0, 0.05) is 31.5 Å². The largest absolute Gasteiger partial charge is 0.383 e. The quantitative estimate of drug-likeness (QED) is 0.491. The number of nitrogens with one attached hydrogen (secondary N) is 2. The Bertz CT molecular complexity index is 435. The molecule has 1 aromatic carbocycles. The molecule has 0 aliphatic carbocycles. The first kappa shape index (κ1) is 16.5. The summed E-state index contributed by atoms with van der Waals surface area (Å²) in [6, 6.07) is 7.41. The predicted molar refractivity (Wildman–Crippen MR) is 79.9 cm³/mol. The van der Waals surface area contributed by atoms with Crippen molar-refractivity contribution in [3.05, 3.63) is 29.8 Å². The highest BCUT2D eigenvalue weighted by Crippen LogP contribution is 2.08. The Hall–Kier alpha value is -1.53. The average molecular weight is 296 g/mol. The molecule has 6 heteroatoms. The zero-order valence-corrected chi connectivity index (χ0v) is 12.4. The van der Waals surface area contributed by atoms with Crippen molar-refractivity contribution in [1.29, 1.82) is 0 Å². The van der Waals surface area contributed by atoms with E-state index in [2.05, 4.69) is 23.3 Å². The standard InChI is InChI=1S/C14H20N2O3S/c1-19-9-8-16-13(17)6-7-15-14(18)10-11-2-4-12(20)5-3-11/h2-5,20H,6-10H2,1H3,(H,15,18)(H,16,17). The van der Waals surface area contributed by atoms with E-state index in [0.29, 0.717) is 26.1 Å². The fourth-order valence-electron chi connectivity index (χ4n) is 1.56. The fourth-order valence-corrected chi connectivity index (χ4v) is 1.71. The van der Waals surface area contributed by atoms with Crippen LogP contribution in [0.5, 0.6) is 0 Å². The van der Waals surface area contributed by atoms with E-state index in [-0.39, 0.29) is 18.2 Å². The third-order valence-electron chi connectivity index (χ3n) is 2.60. The molecule has 0 fully saturated rings. The van der Waals surface area contributed by atoms with Crippen LogP contribution in [-0.4, -0.2) is 38.6 Å². The Kier molecular flexibility index (Phi) is 7.75. The molecule has 0 saturated heterocycles. The van der Waals surface area contributed by atoms with Crippen LogP contribution in [-0.2, 0) is 20.7 Å². The molecular formula is C14H20N2O3S. The molecule has 0 aliphatic rings. The van der Waals surface area contributed by atoms with Crippen LogP contribution in [0.1, 0.15) is 12.0 Å². The first-order valence-corrected chi connectivity index (χ1v) is 6.87. The number of hydrogen-bond donors (Lipinski definition) is 3. The summed E-state index contributed by atoms with van der Waals surface area (Å²) >= 11 is 4.18. The fraction of sp³-hybridized carbons (Fsp3) is 0.429. The highest BCUT2D eigenvalue weighted by Gasteiger charge is 2.05. The molecule has 0 saturated carbocycles. The lowest BCUT2D eigenvalue weighted by Gasteiger charge is -2.06. The number of ether oxygens (including phenoxy) is 1. The number of benzene rings is 1. The summed E-state index contributed by atoms with van der Waals surface area (Å²) in [4.78, 5) is 23.9. The van der Waals surface area contributed by atoms with Gasteiger partial charge in [0.25, 0.3) is 0 Å². The summed E-state index contributed by atoms with van der Waals surface area (Å²) in [6.07, 6.45) is 0.574. The third-order valence-corrected chi connectivity index (χ3v) is 2.90. The second kappa shape index (κ2) is 9.39. The second-order valence-electron chi connectivity index (χ2n) is 4.29. The van der Waals surface area contributed by atoms with Crippen molar-refractivity contribution in [1.82, 2.24) is 10.6 Å². The number of methoxy groups -OCH3 is 1. The SMILES string of the molecule is COCCNC(=O)CCNC(=O)Cc1ccc(S)cc1. The Morgan fingerprint density at radius 3 is 2.40 bits per heavy atom. The monoisotopic (exact) mass is 296 g/mol. The predicted octanol–water partition coefficient (Wildman–Crippen LogP) is 0.787. The minimum Gasteiger partial charge on any atom is -0.383 e. The minimum atomic E-state index is -0.0957. The van der Waals surface area contributed by atoms with Crippen molar-refractivity contribution in [2.45, 2.75) is 17.7 Å². The number of rotatable bonds is 8. The highest BCUT2D eigenvalue weighted by atomic mass is 32.1. The van der Waals surface area contributed by atoms with Crippen molar-refractivity contribution < 1.29 is 14.3 Å². The van der Waals surface area contributed by atoms with Crippen LogP contribution in [0.4, 0.5) is 0 Å². The van der Waals surface area contributed by atoms with Crippen molar-refractivity contribution in [3.8, 4) is 0 Å². The van der Waals surface area contributed by atoms with Gasteiger partial charge >= 0.3 is 0 Å². The van der Waals surface area contributed by atoms with Gasteiger partial charge in [0.05, 0.1) is 13.0 Å². The molecule has 2 N–H and O–H groups in total. The summed E-state index contributed by atoms with van der Waals surface area (Å²) in [5, 5.41) is 5.41. The van der Waals surface area contributed by atoms with Crippen LogP contribution in [0.25, 0.3) is 0 Å². The molecule has 0 radical (unpaired) electrons. The van der Waals surface area contributed by atoms with E-state index in [1.165, 1.54) is 0 Å². The van der Waals surface area contributed by atoms with E-state index in [4.69, 9.17) is 4.74 Å². The van der Waals surface area contributed by atoms with Gasteiger partial charge in [-0.2, -0.15) is 0 Å². The summed E-state index contributed by atoms with van der Waals surface area (Å²) in [6.45, 7) is 1.31. The molecule has 0 unspecified atom stereocenters. The van der Waals surface area contributed by atoms with Crippen molar-refractivity contribution in [2.24, 2.45) is 0 Å². The molecular weight excluding hydrogens is 276 g/mol. The maximum atomic E-state index is 11.7. The highest BCUT2D eigenvalue weighted by molar-refractivity contribution is 7.80. The molecule has 0 bridgehead atoms. The van der Waals surface area contributed by atoms with E-state index in [1.54, 1.807) is 7.11 Å². The van der Waals surface area contributed by atoms with Crippen LogP contribution in [0, 0.1) is 0 Å². The molecule has 0 spiro atoms. The van der Waals surface area contributed by atoms with E-state index >= 15 is 0 Å². The zero-order chi connectivity index (χ0) is 14.8. The summed E-state index contributed by atoms with van der Waals surface area (Å²) in [5.74, 6) is -0.191. The maximum absolute atomic E-state index is 11.7. The van der Waals surface area contributed by atoms with Gasteiger partial charge in [0.2, 0.25) is 11.8 Å². The van der Waals surface area contributed by atoms with Crippen molar-refractivity contribution in [3.63, 3.8) is 0 Å². The lowest BCUT2D eigenvalue weighted by molar-refractivity contribution is -0.122. The number of hydrogen-bond acceptors (Lipinski definition) is 4. The Labute approximate surface area is 124 Å². The van der Waals surface area contributed by atoms with Gasteiger partial charge < -0.3 is 15.4 Å². The first-order valence-electron chi connectivity index (χ1n) is 6.42. The van der Waals surface area contributed by atoms with Gasteiger partial charge in [-0.25, -0.2) is 0 Å². The summed E-state index contributed by atoms with van der Waals surface area (Å²) in [7, 11) is 1.58. The summed E-state index contributed by atoms with van der Waals surface area (Å²) < 4.78 is 4.82. The van der Waals surface area contributed by atoms with Gasteiger partial charge in [0.15, 0.2) is 0 Å². The van der Waals surface area contributed by atoms with Crippen LogP contribution < -0.4 is 10.6 Å². The second-order valence-corrected chi connectivity index (χ2v) is 4.80. The molecule has 0 aromatic heterocycles. The van der Waals surface area contributed by atoms with E-state index in [0.717, 1.165) is 10.5 Å². The van der Waals surface area contributed by atoms with Crippen LogP contribution in [0.3, 0.4) is 0 Å². The zero-order valence-electron chi connectivity index (χ0n) is 11.5. The number of carbonyl (C=O) groups excluding carboxylic acids is 2. The van der Waals surface area contributed by atoms with Gasteiger partial charge in [0.1, 0.15) is 0 Å². The van der Waals surface area contributed by atoms with Crippen molar-refractivity contribution in [2.75, 3.05) is 26.8 Å². The van der Waals surface area contributed by atoms with Gasteiger partial charge in [-0.3, -0.25) is 9.59 Å². The number of carbonyl (C=O) groups is 2.